The fourth-order valence-electron chi connectivity index (χ4n) is 2.43. The number of hydrogen-bond donors (Lipinski definition) is 1. The van der Waals surface area contributed by atoms with Crippen LogP contribution in [0.2, 0.25) is 0 Å². The number of thioether (sulfide) groups is 1. The monoisotopic (exact) mass is 375 g/mol. The van der Waals surface area contributed by atoms with Gasteiger partial charge < -0.3 is 15.2 Å². The third-order valence-corrected chi connectivity index (χ3v) is 4.89. The van der Waals surface area contributed by atoms with Gasteiger partial charge in [0, 0.05) is 32.0 Å². The van der Waals surface area contributed by atoms with Crippen molar-refractivity contribution in [1.29, 1.82) is 10.5 Å². The standard InChI is InChI=1S/C16H21N7O2S/c17-6-1-8-22(9-2-7-18)14(25)11-26-16-21-20-15(12-3-4-12)23(16)10-5-13(19)24/h12H,1-5,8-11H2,(H2,19,24). The Morgan fingerprint density at radius 1 is 1.23 bits per heavy atom. The first kappa shape index (κ1) is 19.7. The van der Waals surface area contributed by atoms with Crippen molar-refractivity contribution in [2.24, 2.45) is 5.73 Å². The van der Waals surface area contributed by atoms with Gasteiger partial charge in [-0.2, -0.15) is 10.5 Å². The number of hydrogen-bond acceptors (Lipinski definition) is 7. The van der Waals surface area contributed by atoms with Gasteiger partial charge in [-0.1, -0.05) is 11.8 Å². The van der Waals surface area contributed by atoms with Gasteiger partial charge in [0.1, 0.15) is 5.82 Å². The van der Waals surface area contributed by atoms with Crippen LogP contribution in [-0.4, -0.2) is 50.3 Å². The molecule has 0 radical (unpaired) electrons. The molecule has 1 heterocycles. The minimum atomic E-state index is -0.397. The van der Waals surface area contributed by atoms with Gasteiger partial charge in [0.2, 0.25) is 11.8 Å². The Labute approximate surface area is 156 Å². The first-order valence-electron chi connectivity index (χ1n) is 8.42. The SMILES string of the molecule is N#CCCN(CCC#N)C(=O)CSc1nnc(C2CC2)n1CCC(N)=O. The van der Waals surface area contributed by atoms with E-state index in [1.807, 2.05) is 16.7 Å². The Bertz CT molecular complexity index is 712. The van der Waals surface area contributed by atoms with Crippen LogP contribution in [0.3, 0.4) is 0 Å². The Kier molecular flexibility index (Phi) is 7.42. The third-order valence-electron chi connectivity index (χ3n) is 3.93. The molecule has 2 N–H and O–H groups in total. The number of rotatable bonds is 11. The number of nitriles is 2. The Hall–Kier alpha value is -2.59. The predicted molar refractivity (Wildman–Crippen MR) is 93.6 cm³/mol. The second kappa shape index (κ2) is 9.78. The molecule has 9 nitrogen and oxygen atoms in total. The summed E-state index contributed by atoms with van der Waals surface area (Å²) in [5.41, 5.74) is 5.24. The molecule has 10 heteroatoms. The van der Waals surface area contributed by atoms with Crippen LogP contribution in [0.15, 0.2) is 5.16 Å². The quantitative estimate of drug-likeness (QED) is 0.563. The van der Waals surface area contributed by atoms with Crippen molar-refractivity contribution in [3.8, 4) is 12.1 Å². The molecule has 1 aliphatic rings. The zero-order chi connectivity index (χ0) is 18.9. The minimum Gasteiger partial charge on any atom is -0.370 e. The van der Waals surface area contributed by atoms with E-state index in [1.165, 1.54) is 16.7 Å². The van der Waals surface area contributed by atoms with Crippen LogP contribution in [0.4, 0.5) is 0 Å². The van der Waals surface area contributed by atoms with E-state index >= 15 is 0 Å². The van der Waals surface area contributed by atoms with Crippen LogP contribution in [0.5, 0.6) is 0 Å². The number of aromatic nitrogens is 3. The number of carbonyl (C=O) groups is 2. The molecule has 2 amide bonds. The van der Waals surface area contributed by atoms with E-state index in [0.29, 0.717) is 30.7 Å². The Morgan fingerprint density at radius 3 is 2.42 bits per heavy atom. The molecule has 138 valence electrons. The number of primary amides is 1. The molecule has 0 spiro atoms. The summed E-state index contributed by atoms with van der Waals surface area (Å²) < 4.78 is 1.87. The van der Waals surface area contributed by atoms with Gasteiger partial charge in [0.15, 0.2) is 5.16 Å². The van der Waals surface area contributed by atoms with E-state index in [9.17, 15) is 9.59 Å². The lowest BCUT2D eigenvalue weighted by Crippen LogP contribution is -2.34. The summed E-state index contributed by atoms with van der Waals surface area (Å²) in [6, 6.07) is 4.02. The Morgan fingerprint density at radius 2 is 1.88 bits per heavy atom. The van der Waals surface area contributed by atoms with Crippen LogP contribution in [0.1, 0.15) is 43.8 Å². The maximum atomic E-state index is 12.4. The second-order valence-electron chi connectivity index (χ2n) is 5.97. The molecule has 2 rings (SSSR count). The van der Waals surface area contributed by atoms with Crippen molar-refractivity contribution in [2.75, 3.05) is 18.8 Å². The highest BCUT2D eigenvalue weighted by Gasteiger charge is 2.30. The van der Waals surface area contributed by atoms with Crippen molar-refractivity contribution < 1.29 is 9.59 Å². The molecule has 1 saturated carbocycles. The summed E-state index contributed by atoms with van der Waals surface area (Å²) in [7, 11) is 0. The molecule has 0 bridgehead atoms. The fraction of sp³-hybridized carbons (Fsp3) is 0.625. The van der Waals surface area contributed by atoms with Crippen LogP contribution in [-0.2, 0) is 16.1 Å². The summed E-state index contributed by atoms with van der Waals surface area (Å²) >= 11 is 1.25. The minimum absolute atomic E-state index is 0.135. The molecule has 0 unspecified atom stereocenters. The number of nitrogens with two attached hydrogens (primary N) is 1. The molecule has 1 aliphatic carbocycles. The molecule has 0 saturated heterocycles. The van der Waals surface area contributed by atoms with E-state index in [2.05, 4.69) is 10.2 Å². The highest BCUT2D eigenvalue weighted by atomic mass is 32.2. The van der Waals surface area contributed by atoms with Gasteiger partial charge in [-0.25, -0.2) is 0 Å². The summed E-state index contributed by atoms with van der Waals surface area (Å²) in [6.45, 7) is 1.01. The van der Waals surface area contributed by atoms with E-state index in [0.717, 1.165) is 18.7 Å². The van der Waals surface area contributed by atoms with Crippen LogP contribution in [0, 0.1) is 22.7 Å². The lowest BCUT2D eigenvalue weighted by atomic mass is 10.3. The molecule has 1 fully saturated rings. The van der Waals surface area contributed by atoms with E-state index in [4.69, 9.17) is 16.3 Å². The first-order valence-corrected chi connectivity index (χ1v) is 9.41. The normalized spacial score (nSPS) is 13.0. The van der Waals surface area contributed by atoms with Crippen molar-refractivity contribution >= 4 is 23.6 Å². The van der Waals surface area contributed by atoms with Crippen molar-refractivity contribution in [2.45, 2.75) is 49.7 Å². The van der Waals surface area contributed by atoms with Crippen molar-refractivity contribution in [3.63, 3.8) is 0 Å². The zero-order valence-electron chi connectivity index (χ0n) is 14.4. The van der Waals surface area contributed by atoms with E-state index in [-0.39, 0.29) is 30.9 Å². The third kappa shape index (κ3) is 5.74. The van der Waals surface area contributed by atoms with Crippen LogP contribution >= 0.6 is 11.8 Å². The van der Waals surface area contributed by atoms with Gasteiger partial charge in [-0.3, -0.25) is 9.59 Å². The van der Waals surface area contributed by atoms with E-state index in [1.54, 1.807) is 0 Å². The topological polar surface area (TPSA) is 142 Å². The molecular weight excluding hydrogens is 354 g/mol. The zero-order valence-corrected chi connectivity index (χ0v) is 15.2. The average Bonchev–Trinajstić information content (AvgIpc) is 3.38. The Balaban J connectivity index is 2.00. The van der Waals surface area contributed by atoms with Crippen LogP contribution < -0.4 is 5.73 Å². The second-order valence-corrected chi connectivity index (χ2v) is 6.91. The summed E-state index contributed by atoms with van der Waals surface area (Å²) in [5.74, 6) is 0.788. The highest BCUT2D eigenvalue weighted by molar-refractivity contribution is 7.99. The maximum Gasteiger partial charge on any atom is 0.233 e. The number of amides is 2. The summed E-state index contributed by atoms with van der Waals surface area (Å²) in [5, 5.41) is 26.4. The molecule has 26 heavy (non-hydrogen) atoms. The fourth-order valence-corrected chi connectivity index (χ4v) is 3.31. The van der Waals surface area contributed by atoms with Gasteiger partial charge in [-0.15, -0.1) is 10.2 Å². The molecule has 1 aromatic rings. The average molecular weight is 375 g/mol. The number of nitrogens with zero attached hydrogens (tertiary/aromatic N) is 6. The molecular formula is C16H21N7O2S. The van der Waals surface area contributed by atoms with Crippen LogP contribution in [0.25, 0.3) is 0 Å². The smallest absolute Gasteiger partial charge is 0.233 e. The molecule has 0 atom stereocenters. The van der Waals surface area contributed by atoms with E-state index < -0.39 is 5.91 Å². The highest BCUT2D eigenvalue weighted by Crippen LogP contribution is 2.40. The summed E-state index contributed by atoms with van der Waals surface area (Å²) in [6.07, 6.45) is 2.74. The van der Waals surface area contributed by atoms with Crippen molar-refractivity contribution in [1.82, 2.24) is 19.7 Å². The van der Waals surface area contributed by atoms with Gasteiger partial charge in [0.25, 0.3) is 0 Å². The predicted octanol–water partition coefficient (Wildman–Crippen LogP) is 0.779. The summed E-state index contributed by atoms with van der Waals surface area (Å²) in [4.78, 5) is 25.0. The number of carbonyl (C=O) groups excluding carboxylic acids is 2. The lowest BCUT2D eigenvalue weighted by molar-refractivity contribution is -0.128. The van der Waals surface area contributed by atoms with Gasteiger partial charge in [-0.05, 0) is 12.8 Å². The largest absolute Gasteiger partial charge is 0.370 e. The molecule has 1 aromatic heterocycles. The maximum absolute atomic E-state index is 12.4. The van der Waals surface area contributed by atoms with Crippen molar-refractivity contribution in [3.05, 3.63) is 5.82 Å². The first-order chi connectivity index (χ1) is 12.6. The lowest BCUT2D eigenvalue weighted by Gasteiger charge is -2.20. The molecule has 0 aromatic carbocycles. The molecule has 0 aliphatic heterocycles. The van der Waals surface area contributed by atoms with Gasteiger partial charge >= 0.3 is 0 Å². The van der Waals surface area contributed by atoms with Gasteiger partial charge in [0.05, 0.1) is 30.7 Å².